The van der Waals surface area contributed by atoms with Gasteiger partial charge in [-0.2, -0.15) is 0 Å². The molecule has 1 N–H and O–H groups in total. The van der Waals surface area contributed by atoms with Crippen molar-refractivity contribution >= 4 is 17.7 Å². The minimum atomic E-state index is -0.228. The Labute approximate surface area is 152 Å². The Kier molecular flexibility index (Phi) is 5.56. The number of para-hydroxylation sites is 1. The number of imidazole rings is 1. The lowest BCUT2D eigenvalue weighted by Crippen LogP contribution is -2.30. The van der Waals surface area contributed by atoms with Gasteiger partial charge >= 0.3 is 0 Å². The van der Waals surface area contributed by atoms with Crippen LogP contribution < -0.4 is 5.32 Å². The van der Waals surface area contributed by atoms with Crippen LogP contribution >= 0.6 is 11.8 Å². The lowest BCUT2D eigenvalue weighted by atomic mass is 10.2. The summed E-state index contributed by atoms with van der Waals surface area (Å²) < 4.78 is 2.03. The molecule has 2 aromatic carbocycles. The SMILES string of the molecule is Cc1ccccc1-n1ccnc1SC(C)C(=O)NCc1ccccc1. The summed E-state index contributed by atoms with van der Waals surface area (Å²) in [5.74, 6) is 0.00758. The lowest BCUT2D eigenvalue weighted by Gasteiger charge is -2.14. The van der Waals surface area contributed by atoms with E-state index in [2.05, 4.69) is 29.4 Å². The summed E-state index contributed by atoms with van der Waals surface area (Å²) in [5.41, 5.74) is 3.34. The number of hydrogen-bond donors (Lipinski definition) is 1. The van der Waals surface area contributed by atoms with Crippen molar-refractivity contribution < 1.29 is 4.79 Å². The van der Waals surface area contributed by atoms with Crippen LogP contribution in [0.4, 0.5) is 0 Å². The first kappa shape index (κ1) is 17.3. The summed E-state index contributed by atoms with van der Waals surface area (Å²) in [6, 6.07) is 18.1. The van der Waals surface area contributed by atoms with Crippen LogP contribution in [0.1, 0.15) is 18.1 Å². The number of aromatic nitrogens is 2. The van der Waals surface area contributed by atoms with Gasteiger partial charge in [0.1, 0.15) is 0 Å². The van der Waals surface area contributed by atoms with E-state index in [1.165, 1.54) is 17.3 Å². The van der Waals surface area contributed by atoms with Crippen molar-refractivity contribution in [2.24, 2.45) is 0 Å². The van der Waals surface area contributed by atoms with Crippen LogP contribution in [-0.4, -0.2) is 20.7 Å². The van der Waals surface area contributed by atoms with E-state index in [1.807, 2.05) is 60.2 Å². The van der Waals surface area contributed by atoms with Crippen LogP contribution in [0.5, 0.6) is 0 Å². The van der Waals surface area contributed by atoms with Gasteiger partial charge in [-0.25, -0.2) is 4.98 Å². The smallest absolute Gasteiger partial charge is 0.233 e. The average molecular weight is 351 g/mol. The highest BCUT2D eigenvalue weighted by molar-refractivity contribution is 8.00. The summed E-state index contributed by atoms with van der Waals surface area (Å²) >= 11 is 1.46. The normalized spacial score (nSPS) is 11.9. The molecule has 1 heterocycles. The van der Waals surface area contributed by atoms with Crippen molar-refractivity contribution in [3.8, 4) is 5.69 Å². The second kappa shape index (κ2) is 8.03. The number of hydrogen-bond acceptors (Lipinski definition) is 3. The van der Waals surface area contributed by atoms with Gasteiger partial charge in [0.2, 0.25) is 5.91 Å². The summed E-state index contributed by atoms with van der Waals surface area (Å²) in [5, 5.41) is 3.57. The molecule has 0 bridgehead atoms. The van der Waals surface area contributed by atoms with E-state index >= 15 is 0 Å². The Bertz CT molecular complexity index is 845. The van der Waals surface area contributed by atoms with E-state index in [4.69, 9.17) is 0 Å². The average Bonchev–Trinajstić information content (AvgIpc) is 3.08. The van der Waals surface area contributed by atoms with Gasteiger partial charge in [0.25, 0.3) is 0 Å². The number of benzene rings is 2. The van der Waals surface area contributed by atoms with Gasteiger partial charge in [-0.1, -0.05) is 60.3 Å². The number of amides is 1. The number of nitrogens with zero attached hydrogens (tertiary/aromatic N) is 2. The van der Waals surface area contributed by atoms with Crippen LogP contribution in [-0.2, 0) is 11.3 Å². The largest absolute Gasteiger partial charge is 0.351 e. The Morgan fingerprint density at radius 3 is 2.64 bits per heavy atom. The molecular formula is C20H21N3OS. The molecule has 1 aromatic heterocycles. The van der Waals surface area contributed by atoms with E-state index in [-0.39, 0.29) is 11.2 Å². The van der Waals surface area contributed by atoms with E-state index in [9.17, 15) is 4.79 Å². The second-order valence-corrected chi connectivity index (χ2v) is 7.14. The van der Waals surface area contributed by atoms with Gasteiger partial charge in [0.05, 0.1) is 10.9 Å². The highest BCUT2D eigenvalue weighted by Gasteiger charge is 2.18. The van der Waals surface area contributed by atoms with Gasteiger partial charge in [-0.15, -0.1) is 0 Å². The zero-order valence-corrected chi connectivity index (χ0v) is 15.2. The molecule has 25 heavy (non-hydrogen) atoms. The third-order valence-electron chi connectivity index (χ3n) is 3.94. The van der Waals surface area contributed by atoms with Crippen LogP contribution in [0.25, 0.3) is 5.69 Å². The molecule has 0 spiro atoms. The van der Waals surface area contributed by atoms with Crippen molar-refractivity contribution in [1.29, 1.82) is 0 Å². The van der Waals surface area contributed by atoms with Crippen molar-refractivity contribution in [2.75, 3.05) is 0 Å². The number of carbonyl (C=O) groups is 1. The molecule has 0 aliphatic heterocycles. The monoisotopic (exact) mass is 351 g/mol. The highest BCUT2D eigenvalue weighted by atomic mass is 32.2. The molecule has 1 amide bonds. The molecule has 1 atom stereocenters. The van der Waals surface area contributed by atoms with Gasteiger partial charge in [-0.05, 0) is 31.0 Å². The Hall–Kier alpha value is -2.53. The van der Waals surface area contributed by atoms with E-state index < -0.39 is 0 Å². The van der Waals surface area contributed by atoms with Crippen molar-refractivity contribution in [3.05, 3.63) is 78.1 Å². The van der Waals surface area contributed by atoms with Gasteiger partial charge in [-0.3, -0.25) is 9.36 Å². The molecule has 4 nitrogen and oxygen atoms in total. The number of thioether (sulfide) groups is 1. The third-order valence-corrected chi connectivity index (χ3v) is 5.02. The summed E-state index contributed by atoms with van der Waals surface area (Å²) in [7, 11) is 0. The van der Waals surface area contributed by atoms with Crippen molar-refractivity contribution in [3.63, 3.8) is 0 Å². The quantitative estimate of drug-likeness (QED) is 0.684. The highest BCUT2D eigenvalue weighted by Crippen LogP contribution is 2.26. The topological polar surface area (TPSA) is 46.9 Å². The molecule has 0 saturated heterocycles. The number of rotatable bonds is 6. The molecule has 0 aliphatic rings. The molecule has 3 aromatic rings. The van der Waals surface area contributed by atoms with Crippen molar-refractivity contribution in [2.45, 2.75) is 30.8 Å². The fourth-order valence-electron chi connectivity index (χ4n) is 2.53. The summed E-state index contributed by atoms with van der Waals surface area (Å²) in [6.45, 7) is 4.51. The molecule has 128 valence electrons. The van der Waals surface area contributed by atoms with Gasteiger partial charge in [0, 0.05) is 18.9 Å². The predicted molar refractivity (Wildman–Crippen MR) is 102 cm³/mol. The minimum absolute atomic E-state index is 0.00758. The maximum atomic E-state index is 12.4. The molecule has 3 rings (SSSR count). The molecule has 0 fully saturated rings. The van der Waals surface area contributed by atoms with Gasteiger partial charge in [0.15, 0.2) is 5.16 Å². The maximum Gasteiger partial charge on any atom is 0.233 e. The fraction of sp³-hybridized carbons (Fsp3) is 0.200. The van der Waals surface area contributed by atoms with Crippen LogP contribution in [0.2, 0.25) is 0 Å². The fourth-order valence-corrected chi connectivity index (χ4v) is 3.44. The zero-order valence-electron chi connectivity index (χ0n) is 14.3. The van der Waals surface area contributed by atoms with Crippen LogP contribution in [0.3, 0.4) is 0 Å². The molecule has 0 saturated carbocycles. The molecule has 0 aliphatic carbocycles. The third kappa shape index (κ3) is 4.31. The molecular weight excluding hydrogens is 330 g/mol. The lowest BCUT2D eigenvalue weighted by molar-refractivity contribution is -0.120. The molecule has 5 heteroatoms. The standard InChI is InChI=1S/C20H21N3OS/c1-15-8-6-7-11-18(15)23-13-12-21-20(23)25-16(2)19(24)22-14-17-9-4-3-5-10-17/h3-13,16H,14H2,1-2H3,(H,22,24). The first-order chi connectivity index (χ1) is 12.1. The van der Waals surface area contributed by atoms with Crippen molar-refractivity contribution in [1.82, 2.24) is 14.9 Å². The number of aryl methyl sites for hydroxylation is 1. The van der Waals surface area contributed by atoms with Crippen LogP contribution in [0.15, 0.2) is 72.1 Å². The Balaban J connectivity index is 1.65. The van der Waals surface area contributed by atoms with E-state index in [1.54, 1.807) is 6.20 Å². The predicted octanol–water partition coefficient (Wildman–Crippen LogP) is 3.98. The summed E-state index contributed by atoms with van der Waals surface area (Å²) in [6.07, 6.45) is 3.70. The van der Waals surface area contributed by atoms with E-state index in [0.29, 0.717) is 6.54 Å². The minimum Gasteiger partial charge on any atom is -0.351 e. The van der Waals surface area contributed by atoms with Gasteiger partial charge < -0.3 is 5.32 Å². The van der Waals surface area contributed by atoms with E-state index in [0.717, 1.165) is 16.4 Å². The Morgan fingerprint density at radius 2 is 1.88 bits per heavy atom. The maximum absolute atomic E-state index is 12.4. The zero-order chi connectivity index (χ0) is 17.6. The second-order valence-electron chi connectivity index (χ2n) is 5.83. The number of carbonyl (C=O) groups excluding carboxylic acids is 1. The first-order valence-electron chi connectivity index (χ1n) is 8.23. The Morgan fingerprint density at radius 1 is 1.16 bits per heavy atom. The number of nitrogens with one attached hydrogen (secondary N) is 1. The summed E-state index contributed by atoms with van der Waals surface area (Å²) in [4.78, 5) is 16.8. The first-order valence-corrected chi connectivity index (χ1v) is 9.11. The van der Waals surface area contributed by atoms with Crippen LogP contribution in [0, 0.1) is 6.92 Å². The molecule has 1 unspecified atom stereocenters. The molecule has 0 radical (unpaired) electrons.